The largest absolute Gasteiger partial charge is 0.398 e. The van der Waals surface area contributed by atoms with Gasteiger partial charge in [0, 0.05) is 16.8 Å². The Labute approximate surface area is 110 Å². The first kappa shape index (κ1) is 12.8. The topological polar surface area (TPSA) is 85.1 Å². The number of hydrogen-bond acceptors (Lipinski definition) is 5. The van der Waals surface area contributed by atoms with E-state index in [0.717, 1.165) is 17.0 Å². The Morgan fingerprint density at radius 1 is 1.33 bits per heavy atom. The Kier molecular flexibility index (Phi) is 3.27. The maximum atomic E-state index is 12.1. The van der Waals surface area contributed by atoms with Crippen LogP contribution in [0.1, 0.15) is 11.4 Å². The molecule has 0 fully saturated rings. The number of hydrogen-bond donors (Lipinski definition) is 2. The van der Waals surface area contributed by atoms with E-state index >= 15 is 0 Å². The van der Waals surface area contributed by atoms with Gasteiger partial charge >= 0.3 is 0 Å². The molecule has 5 nitrogen and oxygen atoms in total. The van der Waals surface area contributed by atoms with Crippen molar-refractivity contribution in [1.29, 1.82) is 0 Å². The molecular weight excluding hydrogens is 270 g/mol. The second-order valence-electron chi connectivity index (χ2n) is 3.89. The van der Waals surface area contributed by atoms with E-state index < -0.39 is 10.0 Å². The van der Waals surface area contributed by atoms with Gasteiger partial charge in [-0.25, -0.2) is 8.42 Å². The summed E-state index contributed by atoms with van der Waals surface area (Å²) in [6, 6.07) is 4.89. The van der Waals surface area contributed by atoms with Gasteiger partial charge in [-0.2, -0.15) is 0 Å². The molecule has 0 unspecified atom stereocenters. The van der Waals surface area contributed by atoms with Crippen LogP contribution in [0, 0.1) is 13.8 Å². The molecule has 0 saturated carbocycles. The van der Waals surface area contributed by atoms with Gasteiger partial charge in [-0.1, -0.05) is 0 Å². The lowest BCUT2D eigenvalue weighted by atomic mass is 10.3. The summed E-state index contributed by atoms with van der Waals surface area (Å²) in [5.41, 5.74) is 7.93. The lowest BCUT2D eigenvalue weighted by molar-refractivity contribution is 0.603. The van der Waals surface area contributed by atoms with Crippen LogP contribution >= 0.6 is 11.3 Å². The van der Waals surface area contributed by atoms with Gasteiger partial charge in [0.15, 0.2) is 0 Å². The van der Waals surface area contributed by atoms with Crippen molar-refractivity contribution in [3.8, 4) is 0 Å². The predicted octanol–water partition coefficient (Wildman–Crippen LogP) is 2.14. The molecule has 2 aromatic heterocycles. The summed E-state index contributed by atoms with van der Waals surface area (Å²) in [7, 11) is -3.58. The molecule has 0 spiro atoms. The van der Waals surface area contributed by atoms with Crippen LogP contribution < -0.4 is 10.5 Å². The summed E-state index contributed by atoms with van der Waals surface area (Å²) in [5, 5.41) is 1.59. The molecule has 0 saturated heterocycles. The third-order valence-corrected chi connectivity index (χ3v) is 5.15. The molecule has 2 rings (SSSR count). The van der Waals surface area contributed by atoms with Gasteiger partial charge < -0.3 is 5.73 Å². The van der Waals surface area contributed by atoms with Crippen LogP contribution in [0.25, 0.3) is 0 Å². The van der Waals surface area contributed by atoms with E-state index in [-0.39, 0.29) is 4.21 Å². The number of nitrogens with one attached hydrogen (secondary N) is 1. The van der Waals surface area contributed by atoms with E-state index in [9.17, 15) is 8.42 Å². The van der Waals surface area contributed by atoms with E-state index in [4.69, 9.17) is 5.73 Å². The zero-order valence-corrected chi connectivity index (χ0v) is 11.6. The highest BCUT2D eigenvalue weighted by molar-refractivity contribution is 7.94. The minimum absolute atomic E-state index is 0.194. The molecule has 0 aliphatic carbocycles. The minimum Gasteiger partial charge on any atom is -0.398 e. The summed E-state index contributed by atoms with van der Waals surface area (Å²) in [4.78, 5) is 4.21. The molecule has 3 N–H and O–H groups in total. The molecule has 0 aromatic carbocycles. The van der Waals surface area contributed by atoms with Gasteiger partial charge in [0.2, 0.25) is 0 Å². The van der Waals surface area contributed by atoms with E-state index in [1.165, 1.54) is 6.07 Å². The molecule has 18 heavy (non-hydrogen) atoms. The fraction of sp³-hybridized carbons (Fsp3) is 0.182. The number of nitrogens with zero attached hydrogens (tertiary/aromatic N) is 1. The molecule has 96 valence electrons. The number of aryl methyl sites for hydroxylation is 2. The smallest absolute Gasteiger partial charge is 0.271 e. The molecule has 7 heteroatoms. The first-order valence-corrected chi connectivity index (χ1v) is 7.56. The fourth-order valence-corrected chi connectivity index (χ4v) is 3.66. The Morgan fingerprint density at radius 3 is 2.61 bits per heavy atom. The van der Waals surface area contributed by atoms with Crippen LogP contribution in [-0.4, -0.2) is 13.4 Å². The summed E-state index contributed by atoms with van der Waals surface area (Å²) in [6.07, 6.45) is 0. The van der Waals surface area contributed by atoms with Gasteiger partial charge in [0.05, 0.1) is 11.4 Å². The van der Waals surface area contributed by atoms with Gasteiger partial charge in [0.25, 0.3) is 10.0 Å². The van der Waals surface area contributed by atoms with E-state index in [2.05, 4.69) is 9.71 Å². The highest BCUT2D eigenvalue weighted by Crippen LogP contribution is 2.25. The van der Waals surface area contributed by atoms with E-state index in [1.54, 1.807) is 24.4 Å². The van der Waals surface area contributed by atoms with Crippen molar-refractivity contribution >= 4 is 32.7 Å². The molecule has 0 radical (unpaired) electrons. The summed E-state index contributed by atoms with van der Waals surface area (Å²) >= 11 is 1.09. The first-order chi connectivity index (χ1) is 8.38. The van der Waals surface area contributed by atoms with Crippen LogP contribution in [0.15, 0.2) is 27.8 Å². The Hall–Kier alpha value is -1.60. The molecule has 0 bridgehead atoms. The van der Waals surface area contributed by atoms with Gasteiger partial charge in [-0.05, 0) is 32.0 Å². The fourth-order valence-electron chi connectivity index (χ4n) is 1.46. The first-order valence-electron chi connectivity index (χ1n) is 5.19. The quantitative estimate of drug-likeness (QED) is 0.903. The average Bonchev–Trinajstić information content (AvgIpc) is 2.70. The number of pyridine rings is 1. The zero-order valence-electron chi connectivity index (χ0n) is 9.97. The lowest BCUT2D eigenvalue weighted by Crippen LogP contribution is -2.13. The molecular formula is C11H13N3O2S2. The van der Waals surface area contributed by atoms with Crippen molar-refractivity contribution in [2.75, 3.05) is 10.5 Å². The molecule has 0 atom stereocenters. The van der Waals surface area contributed by atoms with Gasteiger partial charge in [-0.15, -0.1) is 11.3 Å². The monoisotopic (exact) mass is 283 g/mol. The number of rotatable bonds is 3. The number of aromatic nitrogens is 1. The third-order valence-electron chi connectivity index (χ3n) is 2.33. The summed E-state index contributed by atoms with van der Waals surface area (Å²) in [5.74, 6) is 0. The van der Waals surface area contributed by atoms with Gasteiger partial charge in [0.1, 0.15) is 4.21 Å². The van der Waals surface area contributed by atoms with Crippen molar-refractivity contribution in [3.05, 3.63) is 35.0 Å². The lowest BCUT2D eigenvalue weighted by Gasteiger charge is -2.08. The Morgan fingerprint density at radius 2 is 2.06 bits per heavy atom. The predicted molar refractivity (Wildman–Crippen MR) is 73.3 cm³/mol. The average molecular weight is 283 g/mol. The van der Waals surface area contributed by atoms with Crippen LogP contribution in [-0.2, 0) is 10.0 Å². The maximum Gasteiger partial charge on any atom is 0.271 e. The van der Waals surface area contributed by atoms with Crippen LogP contribution in [0.3, 0.4) is 0 Å². The highest BCUT2D eigenvalue weighted by atomic mass is 32.2. The molecule has 0 amide bonds. The second-order valence-corrected chi connectivity index (χ2v) is 6.71. The molecule has 2 aromatic rings. The normalized spacial score (nSPS) is 11.4. The standard InChI is InChI=1S/C11H13N3O2S2/c1-7-3-4-10(8(2)13-7)14-18(15,16)11-5-9(12)6-17-11/h3-6,14H,12H2,1-2H3. The van der Waals surface area contributed by atoms with Crippen molar-refractivity contribution in [2.45, 2.75) is 18.1 Å². The molecule has 0 aliphatic heterocycles. The highest BCUT2D eigenvalue weighted by Gasteiger charge is 2.17. The second kappa shape index (κ2) is 4.58. The van der Waals surface area contributed by atoms with Crippen molar-refractivity contribution in [3.63, 3.8) is 0 Å². The Balaban J connectivity index is 2.33. The van der Waals surface area contributed by atoms with E-state index in [1.807, 2.05) is 6.92 Å². The van der Waals surface area contributed by atoms with E-state index in [0.29, 0.717) is 17.1 Å². The maximum absolute atomic E-state index is 12.1. The SMILES string of the molecule is Cc1ccc(NS(=O)(=O)c2cc(N)cs2)c(C)n1. The van der Waals surface area contributed by atoms with Gasteiger partial charge in [-0.3, -0.25) is 9.71 Å². The molecule has 2 heterocycles. The minimum atomic E-state index is -3.58. The van der Waals surface area contributed by atoms with Crippen LogP contribution in [0.4, 0.5) is 11.4 Å². The van der Waals surface area contributed by atoms with Crippen molar-refractivity contribution < 1.29 is 8.42 Å². The number of nitrogens with two attached hydrogens (primary N) is 1. The van der Waals surface area contributed by atoms with Crippen molar-refractivity contribution in [2.24, 2.45) is 0 Å². The van der Waals surface area contributed by atoms with Crippen molar-refractivity contribution in [1.82, 2.24) is 4.98 Å². The zero-order chi connectivity index (χ0) is 13.3. The number of thiophene rings is 1. The van der Waals surface area contributed by atoms with Crippen LogP contribution in [0.5, 0.6) is 0 Å². The number of nitrogen functional groups attached to an aromatic ring is 1. The van der Waals surface area contributed by atoms with Crippen LogP contribution in [0.2, 0.25) is 0 Å². The molecule has 0 aliphatic rings. The summed E-state index contributed by atoms with van der Waals surface area (Å²) in [6.45, 7) is 3.61. The Bertz CT molecular complexity index is 677. The number of anilines is 2. The third kappa shape index (κ3) is 2.62. The summed E-state index contributed by atoms with van der Waals surface area (Å²) < 4.78 is 26.8. The number of sulfonamides is 1.